The number of carbonyl (C=O) groups excluding carboxylic acids is 1. The Hall–Kier alpha value is -6.31. The molecule has 20 heteroatoms. The smallest absolute Gasteiger partial charge is 0.417 e. The van der Waals surface area contributed by atoms with Gasteiger partial charge in [0.2, 0.25) is 5.88 Å². The molecule has 2 saturated heterocycles. The monoisotopic (exact) mass is 968 g/mol. The number of amides is 1. The van der Waals surface area contributed by atoms with E-state index in [0.717, 1.165) is 13.0 Å². The van der Waals surface area contributed by atoms with Crippen LogP contribution in [0.3, 0.4) is 0 Å². The van der Waals surface area contributed by atoms with Crippen molar-refractivity contribution in [3.63, 3.8) is 0 Å². The normalized spacial score (nSPS) is 22.4. The third-order valence-electron chi connectivity index (χ3n) is 13.5. The molecule has 69 heavy (non-hydrogen) atoms. The lowest BCUT2D eigenvalue weighted by Gasteiger charge is -2.48. The first kappa shape index (κ1) is 47.7. The van der Waals surface area contributed by atoms with E-state index in [0.29, 0.717) is 35.5 Å². The molecule has 4 aliphatic rings. The van der Waals surface area contributed by atoms with Crippen LogP contribution in [0.1, 0.15) is 69.2 Å². The van der Waals surface area contributed by atoms with E-state index in [1.807, 2.05) is 0 Å². The number of ether oxygens (including phenoxy) is 5. The molecule has 1 aliphatic carbocycles. The van der Waals surface area contributed by atoms with Crippen molar-refractivity contribution in [2.45, 2.75) is 109 Å². The molecule has 0 radical (unpaired) electrons. The van der Waals surface area contributed by atoms with Crippen molar-refractivity contribution in [1.82, 2.24) is 19.9 Å². The largest absolute Gasteiger partial charge is 0.497 e. The van der Waals surface area contributed by atoms with Gasteiger partial charge < -0.3 is 38.6 Å². The molecule has 1 N–H and O–H groups in total. The fourth-order valence-electron chi connectivity index (χ4n) is 9.91. The minimum absolute atomic E-state index is 0.0178. The van der Waals surface area contributed by atoms with Gasteiger partial charge >= 0.3 is 18.3 Å². The van der Waals surface area contributed by atoms with Crippen LogP contribution in [0.25, 0.3) is 22.2 Å². The van der Waals surface area contributed by atoms with Crippen LogP contribution in [0, 0.1) is 24.0 Å². The SMILES string of the molecule is COc1ccc(CN(Cc2ccc(OC)cc2)c2cc(-c3nc4c5c(nc(OC[C@]6(CO)CC6(F)F)nc5c3F)N3C[C@H]5CC[C@@H]([C@H]3[C@H](C)O4)N5C(=O)OC(C)(C)C)c(C(F)(F)F)c(C)c2F)cc1. The molecule has 1 amide bonds. The van der Waals surface area contributed by atoms with Gasteiger partial charge in [0.05, 0.1) is 55.6 Å². The first-order valence-electron chi connectivity index (χ1n) is 22.5. The fourth-order valence-corrected chi connectivity index (χ4v) is 9.91. The van der Waals surface area contributed by atoms with Gasteiger partial charge in [0.1, 0.15) is 58.0 Å². The number of piperazine rings is 1. The lowest BCUT2D eigenvalue weighted by molar-refractivity contribution is -0.137. The van der Waals surface area contributed by atoms with Crippen LogP contribution in [-0.2, 0) is 24.0 Å². The van der Waals surface area contributed by atoms with Gasteiger partial charge in [0.15, 0.2) is 5.82 Å². The number of carbonyl (C=O) groups is 1. The average Bonchev–Trinajstić information content (AvgIpc) is 3.76. The predicted octanol–water partition coefficient (Wildman–Crippen LogP) is 9.66. The minimum atomic E-state index is -5.26. The Balaban J connectivity index is 1.23. The highest BCUT2D eigenvalue weighted by molar-refractivity contribution is 5.98. The van der Waals surface area contributed by atoms with Crippen LogP contribution < -0.4 is 28.7 Å². The summed E-state index contributed by atoms with van der Waals surface area (Å²) >= 11 is 0. The maximum Gasteiger partial charge on any atom is 0.417 e. The number of aliphatic hydroxyl groups excluding tert-OH is 1. The van der Waals surface area contributed by atoms with Crippen molar-refractivity contribution < 1.29 is 64.3 Å². The summed E-state index contributed by atoms with van der Waals surface area (Å²) in [4.78, 5) is 32.1. The van der Waals surface area contributed by atoms with E-state index in [1.165, 1.54) is 19.1 Å². The zero-order chi connectivity index (χ0) is 49.5. The molecule has 2 bridgehead atoms. The maximum atomic E-state index is 17.8. The highest BCUT2D eigenvalue weighted by Crippen LogP contribution is 2.60. The molecule has 1 saturated carbocycles. The molecule has 5 heterocycles. The summed E-state index contributed by atoms with van der Waals surface area (Å²) in [5.41, 5.74) is -6.55. The minimum Gasteiger partial charge on any atom is -0.497 e. The van der Waals surface area contributed by atoms with Gasteiger partial charge in [-0.25, -0.2) is 27.3 Å². The molecule has 5 aromatic rings. The van der Waals surface area contributed by atoms with Gasteiger partial charge in [-0.2, -0.15) is 23.1 Å². The van der Waals surface area contributed by atoms with Gasteiger partial charge in [-0.05, 0) is 94.5 Å². The summed E-state index contributed by atoms with van der Waals surface area (Å²) in [6.45, 7) is 6.17. The molecule has 3 aromatic carbocycles. The Morgan fingerprint density at radius 1 is 0.928 bits per heavy atom. The fraction of sp³-hybridized carbons (Fsp3) is 0.469. The molecule has 2 aromatic heterocycles. The van der Waals surface area contributed by atoms with Crippen molar-refractivity contribution in [3.8, 4) is 34.6 Å². The van der Waals surface area contributed by atoms with Gasteiger partial charge in [-0.15, -0.1) is 0 Å². The number of halogens is 7. The van der Waals surface area contributed by atoms with Crippen LogP contribution in [0.15, 0.2) is 54.6 Å². The third kappa shape index (κ3) is 8.62. The molecule has 3 aliphatic heterocycles. The number of methoxy groups -OCH3 is 2. The average molecular weight is 969 g/mol. The first-order chi connectivity index (χ1) is 32.6. The number of hydrogen-bond acceptors (Lipinski definition) is 12. The quantitative estimate of drug-likeness (QED) is 0.120. The zero-order valence-corrected chi connectivity index (χ0v) is 38.9. The maximum absolute atomic E-state index is 17.8. The number of fused-ring (bicyclic) bond motifs is 5. The van der Waals surface area contributed by atoms with Crippen LogP contribution in [-0.4, -0.2) is 101 Å². The van der Waals surface area contributed by atoms with Crippen LogP contribution in [0.4, 0.5) is 47.0 Å². The second-order valence-corrected chi connectivity index (χ2v) is 19.2. The number of nitrogens with zero attached hydrogens (tertiary/aromatic N) is 6. The van der Waals surface area contributed by atoms with E-state index in [-0.39, 0.29) is 42.4 Å². The number of aromatic nitrogens is 3. The molecule has 0 unspecified atom stereocenters. The first-order valence-corrected chi connectivity index (χ1v) is 22.5. The highest BCUT2D eigenvalue weighted by Gasteiger charge is 2.71. The zero-order valence-electron chi connectivity index (χ0n) is 38.9. The standard InChI is InChI=1S/C49H51F7N6O7/c1-25-36(49(54,55)56)32(18-34(37(25)50)60(19-27-8-13-30(65-6)14-9-27)20-28-10-15-31(66-7)16-11-28)39-38(51)40-35-42(59-44(58-40)67-24-47(23-63)22-48(47,52)53)61-21-29-12-17-33(41(61)26(2)68-43(35)57-39)62(29)45(64)69-46(3,4)5/h8-11,13-16,18,26,29,33,41,63H,12,17,19-24H2,1-7H3/t26-,29+,33-,41+,47+/m0/s1. The van der Waals surface area contributed by atoms with E-state index >= 15 is 22.0 Å². The van der Waals surface area contributed by atoms with Crippen LogP contribution >= 0.6 is 0 Å². The molecule has 13 nitrogen and oxygen atoms in total. The van der Waals surface area contributed by atoms with Gasteiger partial charge in [-0.1, -0.05) is 24.3 Å². The summed E-state index contributed by atoms with van der Waals surface area (Å²) < 4.78 is 139. The van der Waals surface area contributed by atoms with Gasteiger partial charge in [-0.3, -0.25) is 4.90 Å². The number of aliphatic hydroxyl groups is 1. The molecular formula is C49H51F7N6O7. The molecule has 368 valence electrons. The number of pyridine rings is 1. The topological polar surface area (TPSA) is 132 Å². The summed E-state index contributed by atoms with van der Waals surface area (Å²) in [5, 5.41) is 9.81. The van der Waals surface area contributed by atoms with Crippen molar-refractivity contribution in [2.75, 3.05) is 43.8 Å². The number of alkyl halides is 5. The van der Waals surface area contributed by atoms with E-state index in [4.69, 9.17) is 23.7 Å². The highest BCUT2D eigenvalue weighted by atomic mass is 19.4. The van der Waals surface area contributed by atoms with Crippen LogP contribution in [0.2, 0.25) is 0 Å². The van der Waals surface area contributed by atoms with E-state index < -0.39 is 119 Å². The summed E-state index contributed by atoms with van der Waals surface area (Å²) in [6.07, 6.45) is -6.38. The van der Waals surface area contributed by atoms with Gasteiger partial charge in [0.25, 0.3) is 5.92 Å². The molecular weight excluding hydrogens is 918 g/mol. The number of rotatable bonds is 12. The van der Waals surface area contributed by atoms with Gasteiger partial charge in [0, 0.05) is 31.6 Å². The van der Waals surface area contributed by atoms with Crippen molar-refractivity contribution in [3.05, 3.63) is 88.5 Å². The Morgan fingerprint density at radius 3 is 2.07 bits per heavy atom. The molecule has 9 rings (SSSR count). The Morgan fingerprint density at radius 2 is 1.54 bits per heavy atom. The van der Waals surface area contributed by atoms with E-state index in [9.17, 15) is 18.7 Å². The molecule has 5 atom stereocenters. The Bertz CT molecular complexity index is 2740. The lowest BCUT2D eigenvalue weighted by atomic mass is 9.95. The van der Waals surface area contributed by atoms with Crippen LogP contribution in [0.5, 0.6) is 23.4 Å². The second kappa shape index (κ2) is 17.3. The van der Waals surface area contributed by atoms with E-state index in [1.54, 1.807) is 86.0 Å². The number of anilines is 2. The Kier molecular flexibility index (Phi) is 12.0. The third-order valence-corrected chi connectivity index (χ3v) is 13.5. The second-order valence-electron chi connectivity index (χ2n) is 19.2. The Labute approximate surface area is 393 Å². The summed E-state index contributed by atoms with van der Waals surface area (Å²) in [7, 11) is 2.98. The molecule has 0 spiro atoms. The summed E-state index contributed by atoms with van der Waals surface area (Å²) in [6, 6.07) is 12.2. The van der Waals surface area contributed by atoms with E-state index in [2.05, 4.69) is 15.0 Å². The number of hydrogen-bond donors (Lipinski definition) is 1. The predicted molar refractivity (Wildman–Crippen MR) is 239 cm³/mol. The van der Waals surface area contributed by atoms with Crippen molar-refractivity contribution >= 4 is 28.5 Å². The van der Waals surface area contributed by atoms with Crippen molar-refractivity contribution in [1.29, 1.82) is 0 Å². The lowest BCUT2D eigenvalue weighted by Crippen LogP contribution is -2.65. The molecule has 3 fully saturated rings. The van der Waals surface area contributed by atoms with Crippen molar-refractivity contribution in [2.24, 2.45) is 5.41 Å². The summed E-state index contributed by atoms with van der Waals surface area (Å²) in [5.74, 6) is -5.20. The number of benzene rings is 3.